The van der Waals surface area contributed by atoms with E-state index >= 15 is 0 Å². The molecule has 2 rings (SSSR count). The van der Waals surface area contributed by atoms with Crippen molar-refractivity contribution in [2.45, 2.75) is 46.8 Å². The third kappa shape index (κ3) is 2.91. The van der Waals surface area contributed by atoms with Gasteiger partial charge in [0.15, 0.2) is 0 Å². The second kappa shape index (κ2) is 5.71. The number of anilines is 1. The van der Waals surface area contributed by atoms with Crippen LogP contribution in [0, 0.1) is 6.92 Å². The van der Waals surface area contributed by atoms with Crippen molar-refractivity contribution in [2.75, 3.05) is 5.32 Å². The molecule has 0 saturated carbocycles. The Labute approximate surface area is 108 Å². The van der Waals surface area contributed by atoms with Gasteiger partial charge in [0.25, 0.3) is 0 Å². The van der Waals surface area contributed by atoms with Gasteiger partial charge in [-0.2, -0.15) is 10.2 Å². The third-order valence-electron chi connectivity index (χ3n) is 2.94. The highest BCUT2D eigenvalue weighted by Gasteiger charge is 2.04. The second-order valence-electron chi connectivity index (χ2n) is 4.44. The Morgan fingerprint density at radius 3 is 2.72 bits per heavy atom. The van der Waals surface area contributed by atoms with Crippen molar-refractivity contribution in [3.05, 3.63) is 29.8 Å². The summed E-state index contributed by atoms with van der Waals surface area (Å²) in [6.45, 7) is 8.97. The highest BCUT2D eigenvalue weighted by Crippen LogP contribution is 2.11. The SMILES string of the molecule is CCCn1cc(NCc2cn(CC)nc2C)cn1. The topological polar surface area (TPSA) is 47.7 Å². The zero-order chi connectivity index (χ0) is 13.0. The van der Waals surface area contributed by atoms with Crippen LogP contribution in [0.2, 0.25) is 0 Å². The summed E-state index contributed by atoms with van der Waals surface area (Å²) in [5.74, 6) is 0. The molecule has 18 heavy (non-hydrogen) atoms. The van der Waals surface area contributed by atoms with Gasteiger partial charge >= 0.3 is 0 Å². The average molecular weight is 247 g/mol. The van der Waals surface area contributed by atoms with E-state index in [-0.39, 0.29) is 0 Å². The molecule has 2 heterocycles. The van der Waals surface area contributed by atoms with Gasteiger partial charge in [0.2, 0.25) is 0 Å². The lowest BCUT2D eigenvalue weighted by Gasteiger charge is -2.01. The molecule has 5 nitrogen and oxygen atoms in total. The maximum absolute atomic E-state index is 4.43. The number of hydrogen-bond acceptors (Lipinski definition) is 3. The molecule has 0 saturated heterocycles. The van der Waals surface area contributed by atoms with Gasteiger partial charge in [0.05, 0.1) is 17.6 Å². The quantitative estimate of drug-likeness (QED) is 0.853. The van der Waals surface area contributed by atoms with Crippen LogP contribution in [0.5, 0.6) is 0 Å². The van der Waals surface area contributed by atoms with Crippen LogP contribution < -0.4 is 5.32 Å². The number of aromatic nitrogens is 4. The summed E-state index contributed by atoms with van der Waals surface area (Å²) >= 11 is 0. The highest BCUT2D eigenvalue weighted by atomic mass is 15.3. The fourth-order valence-corrected chi connectivity index (χ4v) is 1.90. The van der Waals surface area contributed by atoms with E-state index in [0.717, 1.165) is 37.4 Å². The van der Waals surface area contributed by atoms with Gasteiger partial charge in [0.1, 0.15) is 0 Å². The number of nitrogens with one attached hydrogen (secondary N) is 1. The minimum Gasteiger partial charge on any atom is -0.378 e. The molecule has 0 bridgehead atoms. The maximum Gasteiger partial charge on any atom is 0.0729 e. The Morgan fingerprint density at radius 2 is 2.06 bits per heavy atom. The van der Waals surface area contributed by atoms with Gasteiger partial charge < -0.3 is 5.32 Å². The Hall–Kier alpha value is -1.78. The van der Waals surface area contributed by atoms with Gasteiger partial charge in [-0.1, -0.05) is 6.92 Å². The van der Waals surface area contributed by atoms with E-state index in [0.29, 0.717) is 0 Å². The first-order valence-corrected chi connectivity index (χ1v) is 6.52. The molecule has 2 aromatic rings. The van der Waals surface area contributed by atoms with Crippen LogP contribution in [-0.4, -0.2) is 19.6 Å². The third-order valence-corrected chi connectivity index (χ3v) is 2.94. The highest BCUT2D eigenvalue weighted by molar-refractivity contribution is 5.39. The van der Waals surface area contributed by atoms with Crippen molar-refractivity contribution in [3.8, 4) is 0 Å². The average Bonchev–Trinajstić information content (AvgIpc) is 2.94. The molecule has 1 N–H and O–H groups in total. The zero-order valence-corrected chi connectivity index (χ0v) is 11.3. The molecular formula is C13H21N5. The number of hydrogen-bond donors (Lipinski definition) is 1. The van der Waals surface area contributed by atoms with Crippen LogP contribution in [0.4, 0.5) is 5.69 Å². The smallest absolute Gasteiger partial charge is 0.0729 e. The molecule has 0 unspecified atom stereocenters. The van der Waals surface area contributed by atoms with Crippen molar-refractivity contribution < 1.29 is 0 Å². The van der Waals surface area contributed by atoms with Gasteiger partial charge in [-0.3, -0.25) is 9.36 Å². The molecule has 0 aromatic carbocycles. The first-order chi connectivity index (χ1) is 8.72. The predicted octanol–water partition coefficient (Wildman–Crippen LogP) is 2.43. The van der Waals surface area contributed by atoms with Crippen molar-refractivity contribution >= 4 is 5.69 Å². The Balaban J connectivity index is 1.95. The van der Waals surface area contributed by atoms with E-state index in [1.807, 2.05) is 28.7 Å². The molecular weight excluding hydrogens is 226 g/mol. The van der Waals surface area contributed by atoms with E-state index in [9.17, 15) is 0 Å². The second-order valence-corrected chi connectivity index (χ2v) is 4.44. The monoisotopic (exact) mass is 247 g/mol. The first kappa shape index (κ1) is 12.7. The van der Waals surface area contributed by atoms with E-state index in [1.165, 1.54) is 5.56 Å². The van der Waals surface area contributed by atoms with Crippen molar-refractivity contribution in [1.29, 1.82) is 0 Å². The molecule has 0 aliphatic rings. The summed E-state index contributed by atoms with van der Waals surface area (Å²) < 4.78 is 3.93. The van der Waals surface area contributed by atoms with Crippen LogP contribution in [0.3, 0.4) is 0 Å². The lowest BCUT2D eigenvalue weighted by molar-refractivity contribution is 0.603. The molecule has 0 fully saturated rings. The van der Waals surface area contributed by atoms with E-state index in [2.05, 4.69) is 35.6 Å². The summed E-state index contributed by atoms with van der Waals surface area (Å²) in [6.07, 6.45) is 7.11. The summed E-state index contributed by atoms with van der Waals surface area (Å²) in [5.41, 5.74) is 3.39. The van der Waals surface area contributed by atoms with Crippen LogP contribution >= 0.6 is 0 Å². The fraction of sp³-hybridized carbons (Fsp3) is 0.538. The molecule has 0 amide bonds. The van der Waals surface area contributed by atoms with Crippen molar-refractivity contribution in [2.24, 2.45) is 0 Å². The van der Waals surface area contributed by atoms with Gasteiger partial charge in [-0.15, -0.1) is 0 Å². The van der Waals surface area contributed by atoms with Gasteiger partial charge in [-0.05, 0) is 20.3 Å². The minimum absolute atomic E-state index is 0.795. The fourth-order valence-electron chi connectivity index (χ4n) is 1.90. The molecule has 0 aliphatic heterocycles. The van der Waals surface area contributed by atoms with Gasteiger partial charge in [0, 0.05) is 37.6 Å². The summed E-state index contributed by atoms with van der Waals surface area (Å²) in [4.78, 5) is 0. The van der Waals surface area contributed by atoms with Crippen molar-refractivity contribution in [3.63, 3.8) is 0 Å². The largest absolute Gasteiger partial charge is 0.378 e. The summed E-state index contributed by atoms with van der Waals surface area (Å²) in [6, 6.07) is 0. The van der Waals surface area contributed by atoms with Crippen LogP contribution in [0.15, 0.2) is 18.6 Å². The summed E-state index contributed by atoms with van der Waals surface area (Å²) in [5, 5.41) is 12.1. The molecule has 5 heteroatoms. The molecule has 98 valence electrons. The van der Waals surface area contributed by atoms with E-state index in [1.54, 1.807) is 0 Å². The zero-order valence-electron chi connectivity index (χ0n) is 11.3. The van der Waals surface area contributed by atoms with Crippen LogP contribution in [0.1, 0.15) is 31.5 Å². The lowest BCUT2D eigenvalue weighted by atomic mass is 10.2. The lowest BCUT2D eigenvalue weighted by Crippen LogP contribution is -1.99. The normalized spacial score (nSPS) is 10.8. The molecule has 2 aromatic heterocycles. The number of aryl methyl sites for hydroxylation is 3. The number of rotatable bonds is 6. The Bertz CT molecular complexity index is 497. The Kier molecular flexibility index (Phi) is 4.02. The minimum atomic E-state index is 0.795. The van der Waals surface area contributed by atoms with E-state index in [4.69, 9.17) is 0 Å². The van der Waals surface area contributed by atoms with Crippen LogP contribution in [-0.2, 0) is 19.6 Å². The predicted molar refractivity (Wildman–Crippen MR) is 72.5 cm³/mol. The van der Waals surface area contributed by atoms with Gasteiger partial charge in [-0.25, -0.2) is 0 Å². The number of nitrogens with zero attached hydrogens (tertiary/aromatic N) is 4. The maximum atomic E-state index is 4.43. The Morgan fingerprint density at radius 1 is 1.22 bits per heavy atom. The standard InChI is InChI=1S/C13H21N5/c1-4-6-18-10-13(8-15-18)14-7-12-9-17(5-2)16-11(12)3/h8-10,14H,4-7H2,1-3H3. The van der Waals surface area contributed by atoms with E-state index < -0.39 is 0 Å². The van der Waals surface area contributed by atoms with Crippen LogP contribution in [0.25, 0.3) is 0 Å². The summed E-state index contributed by atoms with van der Waals surface area (Å²) in [7, 11) is 0. The molecule has 0 atom stereocenters. The molecule has 0 aliphatic carbocycles. The van der Waals surface area contributed by atoms with Crippen molar-refractivity contribution in [1.82, 2.24) is 19.6 Å². The molecule has 0 spiro atoms. The first-order valence-electron chi connectivity index (χ1n) is 6.52. The molecule has 0 radical (unpaired) electrons.